The van der Waals surface area contributed by atoms with Gasteiger partial charge in [-0.3, -0.25) is 4.79 Å². The Morgan fingerprint density at radius 2 is 2.00 bits per heavy atom. The molecule has 2 amide bonds. The molecule has 0 aromatic carbocycles. The number of urea groups is 1. The number of nitrogens with zero attached hydrogens (tertiary/aromatic N) is 1. The minimum Gasteiger partial charge on any atom is -0.481 e. The van der Waals surface area contributed by atoms with Crippen molar-refractivity contribution in [2.75, 3.05) is 13.6 Å². The molecule has 2 N–H and O–H groups in total. The van der Waals surface area contributed by atoms with Gasteiger partial charge in [0, 0.05) is 19.1 Å². The minimum atomic E-state index is -0.906. The summed E-state index contributed by atoms with van der Waals surface area (Å²) in [5.41, 5.74) is -0.712. The Morgan fingerprint density at radius 3 is 2.41 bits per heavy atom. The van der Waals surface area contributed by atoms with Gasteiger partial charge in [-0.1, -0.05) is 6.42 Å². The summed E-state index contributed by atoms with van der Waals surface area (Å²) < 4.78 is 0. The highest BCUT2D eigenvalue weighted by atomic mass is 16.4. The number of hydrogen-bond acceptors (Lipinski definition) is 2. The molecule has 0 atom stereocenters. The van der Waals surface area contributed by atoms with Gasteiger partial charge in [-0.25, -0.2) is 4.79 Å². The molecule has 1 aliphatic rings. The fourth-order valence-electron chi connectivity index (χ4n) is 1.95. The van der Waals surface area contributed by atoms with E-state index in [4.69, 9.17) is 5.11 Å². The lowest BCUT2D eigenvalue weighted by atomic mass is 9.85. The van der Waals surface area contributed by atoms with Crippen LogP contribution in [0.25, 0.3) is 0 Å². The Morgan fingerprint density at radius 1 is 1.41 bits per heavy atom. The fraction of sp³-hybridized carbons (Fsp3) is 0.833. The smallest absolute Gasteiger partial charge is 0.317 e. The molecule has 17 heavy (non-hydrogen) atoms. The zero-order chi connectivity index (χ0) is 13.1. The van der Waals surface area contributed by atoms with Crippen molar-refractivity contribution in [3.05, 3.63) is 0 Å². The zero-order valence-corrected chi connectivity index (χ0v) is 10.8. The molecule has 5 nitrogen and oxygen atoms in total. The molecule has 0 saturated heterocycles. The van der Waals surface area contributed by atoms with E-state index in [0.29, 0.717) is 5.92 Å². The Bertz CT molecular complexity index is 298. The predicted octanol–water partition coefficient (Wildman–Crippen LogP) is 1.68. The lowest BCUT2D eigenvalue weighted by Gasteiger charge is -2.33. The van der Waals surface area contributed by atoms with E-state index in [1.165, 1.54) is 19.3 Å². The zero-order valence-electron chi connectivity index (χ0n) is 10.8. The number of hydrogen-bond donors (Lipinski definition) is 2. The second kappa shape index (κ2) is 5.38. The molecule has 1 saturated carbocycles. The first-order valence-electron chi connectivity index (χ1n) is 6.05. The molecule has 0 radical (unpaired) electrons. The van der Waals surface area contributed by atoms with Crippen molar-refractivity contribution in [2.45, 2.75) is 45.1 Å². The normalized spacial score (nSPS) is 16.2. The van der Waals surface area contributed by atoms with Crippen LogP contribution in [0.3, 0.4) is 0 Å². The molecule has 0 heterocycles. The quantitative estimate of drug-likeness (QED) is 0.770. The Labute approximate surface area is 102 Å². The molecule has 0 aromatic rings. The van der Waals surface area contributed by atoms with Crippen LogP contribution < -0.4 is 5.32 Å². The lowest BCUT2D eigenvalue weighted by Crippen LogP contribution is -2.51. The molecule has 0 aliphatic heterocycles. The monoisotopic (exact) mass is 242 g/mol. The van der Waals surface area contributed by atoms with Gasteiger partial charge in [0.1, 0.15) is 0 Å². The van der Waals surface area contributed by atoms with Crippen LogP contribution in [0.4, 0.5) is 4.79 Å². The highest BCUT2D eigenvalue weighted by Crippen LogP contribution is 2.26. The van der Waals surface area contributed by atoms with Gasteiger partial charge in [0.25, 0.3) is 0 Å². The summed E-state index contributed by atoms with van der Waals surface area (Å²) in [5, 5.41) is 11.5. The summed E-state index contributed by atoms with van der Waals surface area (Å²) >= 11 is 0. The molecule has 98 valence electrons. The predicted molar refractivity (Wildman–Crippen MR) is 64.8 cm³/mol. The number of carbonyl (C=O) groups excluding carboxylic acids is 1. The van der Waals surface area contributed by atoms with Crippen LogP contribution in [0, 0.1) is 5.92 Å². The topological polar surface area (TPSA) is 69.6 Å². The van der Waals surface area contributed by atoms with Crippen molar-refractivity contribution < 1.29 is 14.7 Å². The Balaban J connectivity index is 2.38. The summed E-state index contributed by atoms with van der Waals surface area (Å²) in [7, 11) is 1.75. The van der Waals surface area contributed by atoms with Crippen molar-refractivity contribution in [3.63, 3.8) is 0 Å². The fourth-order valence-corrected chi connectivity index (χ4v) is 1.95. The number of carboxylic acids is 1. The minimum absolute atomic E-state index is 0.0734. The van der Waals surface area contributed by atoms with Gasteiger partial charge < -0.3 is 15.3 Å². The van der Waals surface area contributed by atoms with Crippen LogP contribution in [0.15, 0.2) is 0 Å². The number of amides is 2. The Kier molecular flexibility index (Phi) is 4.37. The molecule has 1 aliphatic carbocycles. The van der Waals surface area contributed by atoms with E-state index in [9.17, 15) is 9.59 Å². The van der Waals surface area contributed by atoms with Gasteiger partial charge in [0.2, 0.25) is 0 Å². The van der Waals surface area contributed by atoms with Gasteiger partial charge >= 0.3 is 12.0 Å². The maximum atomic E-state index is 11.8. The van der Waals surface area contributed by atoms with E-state index in [1.807, 2.05) is 0 Å². The average molecular weight is 242 g/mol. The van der Waals surface area contributed by atoms with E-state index in [1.54, 1.807) is 25.8 Å². The number of nitrogens with one attached hydrogen (secondary N) is 1. The summed E-state index contributed by atoms with van der Waals surface area (Å²) in [5.74, 6) is -0.287. The van der Waals surface area contributed by atoms with Crippen LogP contribution in [-0.2, 0) is 4.79 Å². The van der Waals surface area contributed by atoms with Crippen molar-refractivity contribution >= 4 is 12.0 Å². The van der Waals surface area contributed by atoms with Gasteiger partial charge in [-0.05, 0) is 32.6 Å². The molecule has 0 bridgehead atoms. The second-order valence-electron chi connectivity index (χ2n) is 5.56. The van der Waals surface area contributed by atoms with Crippen LogP contribution >= 0.6 is 0 Å². The standard InChI is InChI=1S/C12H22N2O3/c1-12(2,7-10(15)16)13-11(17)14(3)8-9-5-4-6-9/h9H,4-8H2,1-3H3,(H,13,17)(H,15,16). The molecule has 1 rings (SSSR count). The van der Waals surface area contributed by atoms with E-state index in [-0.39, 0.29) is 12.5 Å². The first kappa shape index (κ1) is 13.8. The third-order valence-corrected chi connectivity index (χ3v) is 3.14. The van der Waals surface area contributed by atoms with Gasteiger partial charge in [-0.2, -0.15) is 0 Å². The van der Waals surface area contributed by atoms with E-state index >= 15 is 0 Å². The summed E-state index contributed by atoms with van der Waals surface area (Å²) in [4.78, 5) is 24.1. The van der Waals surface area contributed by atoms with Crippen molar-refractivity contribution in [2.24, 2.45) is 5.92 Å². The first-order valence-corrected chi connectivity index (χ1v) is 6.05. The first-order chi connectivity index (χ1) is 7.80. The largest absolute Gasteiger partial charge is 0.481 e. The van der Waals surface area contributed by atoms with Gasteiger partial charge in [-0.15, -0.1) is 0 Å². The summed E-state index contributed by atoms with van der Waals surface area (Å²) in [6.07, 6.45) is 3.56. The number of carbonyl (C=O) groups is 2. The van der Waals surface area contributed by atoms with E-state index in [2.05, 4.69) is 5.32 Å². The maximum Gasteiger partial charge on any atom is 0.317 e. The highest BCUT2D eigenvalue weighted by Gasteiger charge is 2.27. The van der Waals surface area contributed by atoms with Gasteiger partial charge in [0.05, 0.1) is 6.42 Å². The van der Waals surface area contributed by atoms with Crippen LogP contribution in [0.5, 0.6) is 0 Å². The SMILES string of the molecule is CN(CC1CCC1)C(=O)NC(C)(C)CC(=O)O. The number of rotatable bonds is 5. The molecule has 0 unspecified atom stereocenters. The molecular formula is C12H22N2O3. The molecule has 0 spiro atoms. The highest BCUT2D eigenvalue weighted by molar-refractivity contribution is 5.76. The van der Waals surface area contributed by atoms with Crippen LogP contribution in [0.2, 0.25) is 0 Å². The van der Waals surface area contributed by atoms with Crippen molar-refractivity contribution in [3.8, 4) is 0 Å². The average Bonchev–Trinajstić information content (AvgIpc) is 2.07. The van der Waals surface area contributed by atoms with Crippen LogP contribution in [0.1, 0.15) is 39.5 Å². The summed E-state index contributed by atoms with van der Waals surface area (Å²) in [6, 6.07) is -0.192. The maximum absolute atomic E-state index is 11.8. The molecular weight excluding hydrogens is 220 g/mol. The third-order valence-electron chi connectivity index (χ3n) is 3.14. The summed E-state index contributed by atoms with van der Waals surface area (Å²) in [6.45, 7) is 4.20. The van der Waals surface area contributed by atoms with Gasteiger partial charge in [0.15, 0.2) is 0 Å². The van der Waals surface area contributed by atoms with E-state index < -0.39 is 11.5 Å². The number of aliphatic carboxylic acids is 1. The second-order valence-corrected chi connectivity index (χ2v) is 5.56. The Hall–Kier alpha value is -1.26. The van der Waals surface area contributed by atoms with Crippen molar-refractivity contribution in [1.82, 2.24) is 10.2 Å². The molecule has 5 heteroatoms. The van der Waals surface area contributed by atoms with Crippen LogP contribution in [-0.4, -0.2) is 41.1 Å². The van der Waals surface area contributed by atoms with Crippen molar-refractivity contribution in [1.29, 1.82) is 0 Å². The molecule has 0 aromatic heterocycles. The third kappa shape index (κ3) is 4.63. The van der Waals surface area contributed by atoms with E-state index in [0.717, 1.165) is 6.54 Å². The number of carboxylic acid groups (broad SMARTS) is 1. The lowest BCUT2D eigenvalue weighted by molar-refractivity contribution is -0.138. The molecule has 1 fully saturated rings.